The average Bonchev–Trinajstić information content (AvgIpc) is 2.68. The number of methoxy groups -OCH3 is 2. The lowest BCUT2D eigenvalue weighted by molar-refractivity contribution is 0.0512. The highest BCUT2D eigenvalue weighted by Crippen LogP contribution is 2.33. The summed E-state index contributed by atoms with van der Waals surface area (Å²) in [7, 11) is 3.16. The number of anilines is 2. The van der Waals surface area contributed by atoms with Crippen molar-refractivity contribution < 1.29 is 19.0 Å². The van der Waals surface area contributed by atoms with Gasteiger partial charge in [-0.3, -0.25) is 0 Å². The first-order chi connectivity index (χ1) is 12.7. The Labute approximate surface area is 150 Å². The maximum Gasteiger partial charge on any atom is 0.376 e. The molecule has 26 heavy (non-hydrogen) atoms. The number of carbonyl (C=O) groups excluding carboxylic acids is 1. The van der Waals surface area contributed by atoms with Crippen molar-refractivity contribution in [2.45, 2.75) is 6.92 Å². The molecule has 0 unspecified atom stereocenters. The number of ether oxygens (including phenoxy) is 3. The summed E-state index contributed by atoms with van der Waals surface area (Å²) in [6.45, 7) is 1.99. The second-order valence-electron chi connectivity index (χ2n) is 5.32. The van der Waals surface area contributed by atoms with Gasteiger partial charge in [0.2, 0.25) is 5.82 Å². The number of benzene rings is 2. The normalized spacial score (nSPS) is 10.4. The van der Waals surface area contributed by atoms with Gasteiger partial charge in [-0.1, -0.05) is 12.1 Å². The van der Waals surface area contributed by atoms with Gasteiger partial charge in [0, 0.05) is 11.5 Å². The molecule has 0 spiro atoms. The van der Waals surface area contributed by atoms with E-state index in [-0.39, 0.29) is 12.4 Å². The molecule has 0 amide bonds. The Morgan fingerprint density at radius 1 is 1.08 bits per heavy atom. The van der Waals surface area contributed by atoms with Gasteiger partial charge in [0.05, 0.1) is 32.0 Å². The number of esters is 1. The molecule has 7 heteroatoms. The fourth-order valence-corrected chi connectivity index (χ4v) is 2.49. The van der Waals surface area contributed by atoms with Gasteiger partial charge >= 0.3 is 5.97 Å². The van der Waals surface area contributed by atoms with Gasteiger partial charge in [-0.15, -0.1) is 0 Å². The number of hydrogen-bond donors (Lipinski definition) is 1. The molecule has 0 aliphatic heterocycles. The van der Waals surface area contributed by atoms with Crippen molar-refractivity contribution >= 4 is 28.4 Å². The highest BCUT2D eigenvalue weighted by atomic mass is 16.5. The lowest BCUT2D eigenvalue weighted by atomic mass is 10.2. The summed E-state index contributed by atoms with van der Waals surface area (Å²) in [6, 6.07) is 12.8. The zero-order valence-electron chi connectivity index (χ0n) is 14.8. The van der Waals surface area contributed by atoms with Gasteiger partial charge < -0.3 is 19.5 Å². The van der Waals surface area contributed by atoms with Gasteiger partial charge in [-0.25, -0.2) is 14.8 Å². The van der Waals surface area contributed by atoms with Gasteiger partial charge in [0.25, 0.3) is 0 Å². The Kier molecular flexibility index (Phi) is 5.17. The number of carbonyl (C=O) groups is 1. The molecule has 1 aromatic heterocycles. The van der Waals surface area contributed by atoms with Crippen molar-refractivity contribution in [2.75, 3.05) is 26.1 Å². The minimum Gasteiger partial charge on any atom is -0.497 e. The maximum atomic E-state index is 12.1. The summed E-state index contributed by atoms with van der Waals surface area (Å²) in [6.07, 6.45) is 0. The standard InChI is InChI=1S/C19H19N3O4/c1-4-26-19(23)18-20-14-8-6-5-7-13(14)17(22-18)21-15-10-9-12(24-2)11-16(15)25-3/h5-11H,4H2,1-3H3,(H,20,21,22). The summed E-state index contributed by atoms with van der Waals surface area (Å²) in [5, 5.41) is 3.99. The second kappa shape index (κ2) is 7.69. The van der Waals surface area contributed by atoms with Crippen LogP contribution >= 0.6 is 0 Å². The maximum absolute atomic E-state index is 12.1. The molecule has 0 fully saturated rings. The number of para-hydroxylation sites is 1. The largest absolute Gasteiger partial charge is 0.497 e. The van der Waals surface area contributed by atoms with Crippen LogP contribution in [0.2, 0.25) is 0 Å². The zero-order chi connectivity index (χ0) is 18.5. The number of rotatable bonds is 6. The first-order valence-corrected chi connectivity index (χ1v) is 8.09. The molecule has 7 nitrogen and oxygen atoms in total. The molecule has 134 valence electrons. The van der Waals surface area contributed by atoms with Crippen molar-refractivity contribution in [3.8, 4) is 11.5 Å². The van der Waals surface area contributed by atoms with Crippen molar-refractivity contribution in [2.24, 2.45) is 0 Å². The molecule has 2 aromatic carbocycles. The molecular weight excluding hydrogens is 334 g/mol. The highest BCUT2D eigenvalue weighted by molar-refractivity contribution is 5.95. The van der Waals surface area contributed by atoms with Crippen LogP contribution < -0.4 is 14.8 Å². The lowest BCUT2D eigenvalue weighted by Gasteiger charge is -2.14. The summed E-state index contributed by atoms with van der Waals surface area (Å²) < 4.78 is 15.7. The third kappa shape index (κ3) is 3.51. The molecule has 1 heterocycles. The van der Waals surface area contributed by atoms with Gasteiger partial charge in [0.1, 0.15) is 17.3 Å². The Hall–Kier alpha value is -3.35. The van der Waals surface area contributed by atoms with Crippen LogP contribution in [0.15, 0.2) is 42.5 Å². The van der Waals surface area contributed by atoms with Crippen LogP contribution in [0.5, 0.6) is 11.5 Å². The molecule has 0 aliphatic carbocycles. The lowest BCUT2D eigenvalue weighted by Crippen LogP contribution is -2.11. The number of nitrogens with one attached hydrogen (secondary N) is 1. The Balaban J connectivity index is 2.08. The minimum atomic E-state index is -0.567. The van der Waals surface area contributed by atoms with Crippen LogP contribution in [-0.2, 0) is 4.74 Å². The molecule has 3 aromatic rings. The first kappa shape index (κ1) is 17.5. The number of nitrogens with zero attached hydrogens (tertiary/aromatic N) is 2. The van der Waals surface area contributed by atoms with E-state index in [2.05, 4.69) is 15.3 Å². The number of hydrogen-bond acceptors (Lipinski definition) is 7. The molecule has 0 bridgehead atoms. The van der Waals surface area contributed by atoms with Crippen LogP contribution in [0.4, 0.5) is 11.5 Å². The van der Waals surface area contributed by atoms with E-state index in [1.807, 2.05) is 30.3 Å². The van der Waals surface area contributed by atoms with Gasteiger partial charge in [0.15, 0.2) is 0 Å². The third-order valence-corrected chi connectivity index (χ3v) is 3.72. The predicted octanol–water partition coefficient (Wildman–Crippen LogP) is 3.57. The monoisotopic (exact) mass is 353 g/mol. The van der Waals surface area contributed by atoms with Crippen LogP contribution in [0, 0.1) is 0 Å². The van der Waals surface area contributed by atoms with Crippen molar-refractivity contribution in [1.29, 1.82) is 0 Å². The third-order valence-electron chi connectivity index (χ3n) is 3.72. The quantitative estimate of drug-likeness (QED) is 0.678. The molecule has 0 aliphatic rings. The van der Waals surface area contributed by atoms with Gasteiger partial charge in [-0.05, 0) is 31.2 Å². The van der Waals surface area contributed by atoms with E-state index in [1.165, 1.54) is 0 Å². The average molecular weight is 353 g/mol. The van der Waals surface area contributed by atoms with E-state index < -0.39 is 5.97 Å². The predicted molar refractivity (Wildman–Crippen MR) is 98.3 cm³/mol. The topological polar surface area (TPSA) is 82.6 Å². The minimum absolute atomic E-state index is 0.000489. The fourth-order valence-electron chi connectivity index (χ4n) is 2.49. The summed E-state index contributed by atoms with van der Waals surface area (Å²) in [5.74, 6) is 1.18. The van der Waals surface area contributed by atoms with E-state index in [9.17, 15) is 4.79 Å². The Morgan fingerprint density at radius 3 is 2.62 bits per heavy atom. The molecule has 0 saturated heterocycles. The number of fused-ring (bicyclic) bond motifs is 1. The van der Waals surface area contributed by atoms with Crippen molar-refractivity contribution in [3.63, 3.8) is 0 Å². The van der Waals surface area contributed by atoms with E-state index in [1.54, 1.807) is 33.3 Å². The highest BCUT2D eigenvalue weighted by Gasteiger charge is 2.16. The van der Waals surface area contributed by atoms with E-state index in [0.29, 0.717) is 28.5 Å². The van der Waals surface area contributed by atoms with Crippen LogP contribution in [0.3, 0.4) is 0 Å². The van der Waals surface area contributed by atoms with E-state index in [4.69, 9.17) is 14.2 Å². The smallest absolute Gasteiger partial charge is 0.376 e. The summed E-state index contributed by atoms with van der Waals surface area (Å²) in [5.41, 5.74) is 1.33. The van der Waals surface area contributed by atoms with Crippen molar-refractivity contribution in [3.05, 3.63) is 48.3 Å². The molecule has 0 atom stereocenters. The molecule has 0 radical (unpaired) electrons. The number of aromatic nitrogens is 2. The molecule has 1 N–H and O–H groups in total. The van der Waals surface area contributed by atoms with E-state index >= 15 is 0 Å². The molecular formula is C19H19N3O4. The first-order valence-electron chi connectivity index (χ1n) is 8.09. The Morgan fingerprint density at radius 2 is 1.88 bits per heavy atom. The molecule has 3 rings (SSSR count). The molecule has 0 saturated carbocycles. The van der Waals surface area contributed by atoms with Crippen LogP contribution in [-0.4, -0.2) is 36.8 Å². The fraction of sp³-hybridized carbons (Fsp3) is 0.211. The van der Waals surface area contributed by atoms with Crippen LogP contribution in [0.25, 0.3) is 10.9 Å². The van der Waals surface area contributed by atoms with Gasteiger partial charge in [-0.2, -0.15) is 0 Å². The zero-order valence-corrected chi connectivity index (χ0v) is 14.8. The summed E-state index contributed by atoms with van der Waals surface area (Å²) >= 11 is 0. The Bertz CT molecular complexity index is 943. The second-order valence-corrected chi connectivity index (χ2v) is 5.32. The van der Waals surface area contributed by atoms with E-state index in [0.717, 1.165) is 5.39 Å². The summed E-state index contributed by atoms with van der Waals surface area (Å²) in [4.78, 5) is 20.7. The van der Waals surface area contributed by atoms with Crippen LogP contribution in [0.1, 0.15) is 17.5 Å². The SMILES string of the molecule is CCOC(=O)c1nc(Nc2ccc(OC)cc2OC)c2ccccc2n1. The van der Waals surface area contributed by atoms with Crippen molar-refractivity contribution in [1.82, 2.24) is 9.97 Å².